The van der Waals surface area contributed by atoms with E-state index in [4.69, 9.17) is 4.42 Å². The molecule has 2 aliphatic carbocycles. The zero-order chi connectivity index (χ0) is 12.6. The Labute approximate surface area is 111 Å². The van der Waals surface area contributed by atoms with Gasteiger partial charge in [-0.2, -0.15) is 5.26 Å². The van der Waals surface area contributed by atoms with Crippen LogP contribution in [0.15, 0.2) is 15.9 Å². The highest BCUT2D eigenvalue weighted by atomic mass is 32.2. The summed E-state index contributed by atoms with van der Waals surface area (Å²) in [6.07, 6.45) is 6.40. The number of nitriles is 1. The number of oxazole rings is 1. The summed E-state index contributed by atoms with van der Waals surface area (Å²) in [6, 6.07) is 3.08. The molecule has 5 heteroatoms. The lowest BCUT2D eigenvalue weighted by Crippen LogP contribution is -2.49. The lowest BCUT2D eigenvalue weighted by molar-refractivity contribution is 0.398. The molecule has 2 saturated carbocycles. The number of nitrogens with one attached hydrogen (secondary N) is 1. The van der Waals surface area contributed by atoms with Gasteiger partial charge in [0.2, 0.25) is 0 Å². The smallest absolute Gasteiger partial charge is 0.255 e. The molecule has 0 amide bonds. The fourth-order valence-corrected chi connectivity index (χ4v) is 3.23. The number of thioether (sulfide) groups is 1. The molecule has 1 aromatic heterocycles. The lowest BCUT2D eigenvalue weighted by atomic mass is 9.97. The molecular weight excluding hydrogens is 246 g/mol. The molecule has 1 N–H and O–H groups in total. The quantitative estimate of drug-likeness (QED) is 0.799. The molecule has 0 aromatic carbocycles. The van der Waals surface area contributed by atoms with E-state index in [-0.39, 0.29) is 5.54 Å². The van der Waals surface area contributed by atoms with Gasteiger partial charge in [-0.05, 0) is 38.5 Å². The van der Waals surface area contributed by atoms with E-state index in [1.807, 2.05) is 6.92 Å². The minimum absolute atomic E-state index is 0.381. The van der Waals surface area contributed by atoms with Crippen LogP contribution in [0.2, 0.25) is 0 Å². The monoisotopic (exact) mass is 263 g/mol. The maximum atomic E-state index is 9.57. The van der Waals surface area contributed by atoms with Gasteiger partial charge in [-0.25, -0.2) is 4.98 Å². The van der Waals surface area contributed by atoms with E-state index in [1.165, 1.54) is 25.7 Å². The minimum Gasteiger partial charge on any atom is -0.440 e. The number of nitrogens with zero attached hydrogens (tertiary/aromatic N) is 2. The Bertz CT molecular complexity index is 473. The van der Waals surface area contributed by atoms with Gasteiger partial charge >= 0.3 is 0 Å². The van der Waals surface area contributed by atoms with Crippen LogP contribution >= 0.6 is 11.8 Å². The van der Waals surface area contributed by atoms with E-state index < -0.39 is 0 Å². The number of hydrogen-bond donors (Lipinski definition) is 1. The van der Waals surface area contributed by atoms with E-state index >= 15 is 0 Å². The summed E-state index contributed by atoms with van der Waals surface area (Å²) in [5, 5.41) is 13.8. The fourth-order valence-electron chi connectivity index (χ4n) is 2.18. The molecule has 18 heavy (non-hydrogen) atoms. The molecule has 1 atom stereocenters. The summed E-state index contributed by atoms with van der Waals surface area (Å²) in [5.41, 5.74) is 0.510. The van der Waals surface area contributed by atoms with Crippen LogP contribution in [0.5, 0.6) is 0 Å². The first kappa shape index (κ1) is 12.1. The third kappa shape index (κ3) is 2.55. The van der Waals surface area contributed by atoms with E-state index in [1.54, 1.807) is 18.0 Å². The maximum Gasteiger partial charge on any atom is 0.255 e. The van der Waals surface area contributed by atoms with Gasteiger partial charge in [0.15, 0.2) is 0 Å². The molecule has 0 bridgehead atoms. The largest absolute Gasteiger partial charge is 0.440 e. The van der Waals surface area contributed by atoms with Crippen molar-refractivity contribution < 1.29 is 4.42 Å². The van der Waals surface area contributed by atoms with E-state index in [0.29, 0.717) is 17.2 Å². The number of aryl methyl sites for hydroxylation is 1. The molecule has 0 spiro atoms. The zero-order valence-electron chi connectivity index (χ0n) is 10.5. The second-order valence-electron chi connectivity index (χ2n) is 5.32. The Kier molecular flexibility index (Phi) is 3.08. The molecular formula is C13H17N3OS. The van der Waals surface area contributed by atoms with Crippen molar-refractivity contribution in [3.05, 3.63) is 12.0 Å². The third-order valence-corrected chi connectivity index (χ3v) is 4.57. The highest BCUT2D eigenvalue weighted by Gasteiger charge is 2.48. The first-order chi connectivity index (χ1) is 8.72. The van der Waals surface area contributed by atoms with Gasteiger partial charge in [0, 0.05) is 11.8 Å². The molecule has 2 fully saturated rings. The Morgan fingerprint density at radius 3 is 2.83 bits per heavy atom. The van der Waals surface area contributed by atoms with Crippen LogP contribution in [0.25, 0.3) is 0 Å². The summed E-state index contributed by atoms with van der Waals surface area (Å²) in [7, 11) is 0. The summed E-state index contributed by atoms with van der Waals surface area (Å²) < 4.78 is 5.34. The van der Waals surface area contributed by atoms with Gasteiger partial charge in [-0.15, -0.1) is 0 Å². The molecule has 1 aromatic rings. The number of rotatable bonds is 6. The van der Waals surface area contributed by atoms with Crippen LogP contribution in [0.1, 0.15) is 31.4 Å². The Morgan fingerprint density at radius 1 is 1.56 bits per heavy atom. The van der Waals surface area contributed by atoms with Crippen LogP contribution < -0.4 is 5.32 Å². The summed E-state index contributed by atoms with van der Waals surface area (Å²) >= 11 is 1.55. The minimum atomic E-state index is -0.381. The Balaban J connectivity index is 1.67. The Morgan fingerprint density at radius 2 is 2.33 bits per heavy atom. The lowest BCUT2D eigenvalue weighted by Gasteiger charge is -2.27. The average Bonchev–Trinajstić information content (AvgIpc) is 3.25. The maximum absolute atomic E-state index is 9.57. The normalized spacial score (nSPS) is 22.4. The predicted octanol–water partition coefficient (Wildman–Crippen LogP) is 2.50. The standard InChI is InChI=1S/C13H17N3OS/c1-9-6-17-12(15-9)18-8-13(7-14,10-2-3-10)16-11-4-5-11/h6,10-11,16H,2-5,8H2,1H3. The third-order valence-electron chi connectivity index (χ3n) is 3.53. The SMILES string of the molecule is Cc1coc(SCC(C#N)(NC2CC2)C2CC2)n1. The van der Waals surface area contributed by atoms with Gasteiger partial charge in [0.05, 0.1) is 11.8 Å². The predicted molar refractivity (Wildman–Crippen MR) is 69.2 cm³/mol. The van der Waals surface area contributed by atoms with E-state index in [9.17, 15) is 5.26 Å². The molecule has 96 valence electrons. The molecule has 0 saturated heterocycles. The topological polar surface area (TPSA) is 61.9 Å². The van der Waals surface area contributed by atoms with Gasteiger partial charge in [-0.1, -0.05) is 11.8 Å². The Hall–Kier alpha value is -0.990. The molecule has 0 aliphatic heterocycles. The van der Waals surface area contributed by atoms with Crippen molar-refractivity contribution in [1.29, 1.82) is 5.26 Å². The highest BCUT2D eigenvalue weighted by molar-refractivity contribution is 7.99. The van der Waals surface area contributed by atoms with Crippen molar-refractivity contribution in [3.8, 4) is 6.07 Å². The van der Waals surface area contributed by atoms with E-state index in [2.05, 4.69) is 16.4 Å². The van der Waals surface area contributed by atoms with Crippen LogP contribution in [-0.4, -0.2) is 22.3 Å². The molecule has 0 radical (unpaired) electrons. The van der Waals surface area contributed by atoms with Crippen LogP contribution in [0, 0.1) is 24.2 Å². The number of hydrogen-bond acceptors (Lipinski definition) is 5. The second kappa shape index (κ2) is 4.60. The molecule has 1 heterocycles. The molecule has 1 unspecified atom stereocenters. The summed E-state index contributed by atoms with van der Waals surface area (Å²) in [5.74, 6) is 1.23. The van der Waals surface area contributed by atoms with Crippen molar-refractivity contribution in [1.82, 2.24) is 10.3 Å². The molecule has 3 rings (SSSR count). The van der Waals surface area contributed by atoms with Crippen molar-refractivity contribution in [2.24, 2.45) is 5.92 Å². The van der Waals surface area contributed by atoms with E-state index in [0.717, 1.165) is 11.4 Å². The molecule has 4 nitrogen and oxygen atoms in total. The first-order valence-corrected chi connectivity index (χ1v) is 7.44. The first-order valence-electron chi connectivity index (χ1n) is 6.46. The van der Waals surface area contributed by atoms with Gasteiger partial charge in [0.25, 0.3) is 5.22 Å². The van der Waals surface area contributed by atoms with Gasteiger partial charge in [-0.3, -0.25) is 5.32 Å². The fraction of sp³-hybridized carbons (Fsp3) is 0.692. The van der Waals surface area contributed by atoms with Crippen LogP contribution in [0.4, 0.5) is 0 Å². The van der Waals surface area contributed by atoms with Crippen molar-refractivity contribution in [3.63, 3.8) is 0 Å². The van der Waals surface area contributed by atoms with Crippen LogP contribution in [-0.2, 0) is 0 Å². The summed E-state index contributed by atoms with van der Waals surface area (Å²) in [4.78, 5) is 4.28. The zero-order valence-corrected chi connectivity index (χ0v) is 11.3. The second-order valence-corrected chi connectivity index (χ2v) is 6.25. The molecule has 2 aliphatic rings. The van der Waals surface area contributed by atoms with Crippen molar-refractivity contribution in [2.45, 2.75) is 49.4 Å². The van der Waals surface area contributed by atoms with Gasteiger partial charge < -0.3 is 4.42 Å². The van der Waals surface area contributed by atoms with Crippen LogP contribution in [0.3, 0.4) is 0 Å². The summed E-state index contributed by atoms with van der Waals surface area (Å²) in [6.45, 7) is 1.91. The average molecular weight is 263 g/mol. The van der Waals surface area contributed by atoms with Crippen molar-refractivity contribution >= 4 is 11.8 Å². The number of aromatic nitrogens is 1. The highest BCUT2D eigenvalue weighted by Crippen LogP contribution is 2.43. The van der Waals surface area contributed by atoms with Gasteiger partial charge in [0.1, 0.15) is 11.8 Å². The van der Waals surface area contributed by atoms with Crippen molar-refractivity contribution in [2.75, 3.05) is 5.75 Å².